The summed E-state index contributed by atoms with van der Waals surface area (Å²) in [7, 11) is 0. The van der Waals surface area contributed by atoms with Crippen LogP contribution in [-0.4, -0.2) is 9.91 Å². The van der Waals surface area contributed by atoms with E-state index in [1.807, 2.05) is 42.5 Å². The molecule has 4 nitrogen and oxygen atoms in total. The summed E-state index contributed by atoms with van der Waals surface area (Å²) in [4.78, 5) is 14.0. The number of nitro groups is 1. The molecule has 0 amide bonds. The van der Waals surface area contributed by atoms with Crippen LogP contribution in [-0.2, 0) is 0 Å². The minimum absolute atomic E-state index is 0.479. The Balaban J connectivity index is 2.32. The number of hydrogen-bond acceptors (Lipinski definition) is 3. The lowest BCUT2D eigenvalue weighted by atomic mass is 10.1. The first-order valence-corrected chi connectivity index (χ1v) is 5.09. The van der Waals surface area contributed by atoms with Gasteiger partial charge in [0.05, 0.1) is 10.6 Å². The Morgan fingerprint density at radius 2 is 2.06 bits per heavy atom. The van der Waals surface area contributed by atoms with Gasteiger partial charge in [-0.2, -0.15) is 0 Å². The maximum Gasteiger partial charge on any atom is 0.235 e. The van der Waals surface area contributed by atoms with Crippen LogP contribution in [0.2, 0.25) is 0 Å². The lowest BCUT2D eigenvalue weighted by Gasteiger charge is -2.00. The van der Waals surface area contributed by atoms with Crippen molar-refractivity contribution >= 4 is 6.08 Å². The van der Waals surface area contributed by atoms with Gasteiger partial charge in [-0.25, -0.2) is 0 Å². The molecular formula is C13H10N2O2. The molecule has 4 heteroatoms. The first kappa shape index (κ1) is 11.0. The molecule has 0 saturated heterocycles. The van der Waals surface area contributed by atoms with Gasteiger partial charge >= 0.3 is 0 Å². The van der Waals surface area contributed by atoms with Crippen LogP contribution in [0.25, 0.3) is 17.3 Å². The Kier molecular flexibility index (Phi) is 3.25. The van der Waals surface area contributed by atoms with Gasteiger partial charge in [0.1, 0.15) is 0 Å². The van der Waals surface area contributed by atoms with Crippen molar-refractivity contribution in [3.8, 4) is 11.3 Å². The minimum Gasteiger partial charge on any atom is -0.259 e. The van der Waals surface area contributed by atoms with E-state index in [4.69, 9.17) is 0 Å². The topological polar surface area (TPSA) is 56.0 Å². The van der Waals surface area contributed by atoms with Crippen molar-refractivity contribution in [3.63, 3.8) is 0 Å². The van der Waals surface area contributed by atoms with Gasteiger partial charge in [0.2, 0.25) is 6.20 Å². The van der Waals surface area contributed by atoms with E-state index in [2.05, 4.69) is 4.98 Å². The molecule has 2 aromatic rings. The average Bonchev–Trinajstić information content (AvgIpc) is 2.38. The van der Waals surface area contributed by atoms with Gasteiger partial charge in [0.25, 0.3) is 0 Å². The second-order valence-corrected chi connectivity index (χ2v) is 3.44. The molecule has 0 N–H and O–H groups in total. The lowest BCUT2D eigenvalue weighted by Crippen LogP contribution is -1.84. The van der Waals surface area contributed by atoms with Crippen molar-refractivity contribution in [1.82, 2.24) is 4.98 Å². The normalized spacial score (nSPS) is 10.6. The fourth-order valence-electron chi connectivity index (χ4n) is 1.48. The van der Waals surface area contributed by atoms with Crippen LogP contribution in [0.15, 0.2) is 54.9 Å². The SMILES string of the molecule is O=[N+]([O-])/C=C/c1cccc(-c2ccccn2)c1. The molecule has 0 aliphatic rings. The molecule has 1 aromatic carbocycles. The van der Waals surface area contributed by atoms with Gasteiger partial charge in [0.15, 0.2) is 0 Å². The summed E-state index contributed by atoms with van der Waals surface area (Å²) in [6.45, 7) is 0. The fourth-order valence-corrected chi connectivity index (χ4v) is 1.48. The van der Waals surface area contributed by atoms with Crippen molar-refractivity contribution in [3.05, 3.63) is 70.5 Å². The van der Waals surface area contributed by atoms with Gasteiger partial charge in [-0.15, -0.1) is 0 Å². The van der Waals surface area contributed by atoms with E-state index in [-0.39, 0.29) is 0 Å². The summed E-state index contributed by atoms with van der Waals surface area (Å²) < 4.78 is 0. The van der Waals surface area contributed by atoms with E-state index in [1.54, 1.807) is 6.20 Å². The van der Waals surface area contributed by atoms with E-state index in [0.717, 1.165) is 23.0 Å². The van der Waals surface area contributed by atoms with Crippen LogP contribution in [0.3, 0.4) is 0 Å². The molecule has 2 rings (SSSR count). The number of benzene rings is 1. The zero-order valence-electron chi connectivity index (χ0n) is 8.98. The van der Waals surface area contributed by atoms with Gasteiger partial charge in [-0.3, -0.25) is 15.1 Å². The van der Waals surface area contributed by atoms with E-state index in [0.29, 0.717) is 0 Å². The molecule has 0 unspecified atom stereocenters. The molecule has 1 heterocycles. The van der Waals surface area contributed by atoms with E-state index in [9.17, 15) is 10.1 Å². The van der Waals surface area contributed by atoms with Crippen molar-refractivity contribution < 1.29 is 4.92 Å². The van der Waals surface area contributed by atoms with E-state index >= 15 is 0 Å². The van der Waals surface area contributed by atoms with Crippen LogP contribution in [0.1, 0.15) is 5.56 Å². The van der Waals surface area contributed by atoms with Gasteiger partial charge in [-0.1, -0.05) is 24.3 Å². The zero-order chi connectivity index (χ0) is 12.1. The standard InChI is InChI=1S/C13H10N2O2/c16-15(17)9-7-11-4-3-5-12(10-11)13-6-1-2-8-14-13/h1-10H/b9-7+. The first-order valence-electron chi connectivity index (χ1n) is 5.09. The summed E-state index contributed by atoms with van der Waals surface area (Å²) >= 11 is 0. The Morgan fingerprint density at radius 3 is 2.76 bits per heavy atom. The Hall–Kier alpha value is -2.49. The molecule has 0 spiro atoms. The maximum absolute atomic E-state index is 10.2. The van der Waals surface area contributed by atoms with Crippen LogP contribution in [0.5, 0.6) is 0 Å². The summed E-state index contributed by atoms with van der Waals surface area (Å²) in [6.07, 6.45) is 4.11. The fraction of sp³-hybridized carbons (Fsp3) is 0. The third-order valence-corrected chi connectivity index (χ3v) is 2.24. The van der Waals surface area contributed by atoms with Crippen LogP contribution in [0.4, 0.5) is 0 Å². The zero-order valence-corrected chi connectivity index (χ0v) is 8.98. The van der Waals surface area contributed by atoms with E-state index in [1.165, 1.54) is 6.08 Å². The quantitative estimate of drug-likeness (QED) is 0.597. The lowest BCUT2D eigenvalue weighted by molar-refractivity contribution is -0.400. The highest BCUT2D eigenvalue weighted by atomic mass is 16.6. The second kappa shape index (κ2) is 5.03. The smallest absolute Gasteiger partial charge is 0.235 e. The second-order valence-electron chi connectivity index (χ2n) is 3.44. The largest absolute Gasteiger partial charge is 0.259 e. The molecule has 0 bridgehead atoms. The molecule has 84 valence electrons. The number of hydrogen-bond donors (Lipinski definition) is 0. The summed E-state index contributed by atoms with van der Waals surface area (Å²) in [5, 5.41) is 10.2. The van der Waals surface area contributed by atoms with Gasteiger partial charge in [0, 0.05) is 17.8 Å². The maximum atomic E-state index is 10.2. The molecule has 1 aromatic heterocycles. The van der Waals surface area contributed by atoms with Crippen LogP contribution >= 0.6 is 0 Å². The van der Waals surface area contributed by atoms with Gasteiger partial charge < -0.3 is 0 Å². The molecular weight excluding hydrogens is 216 g/mol. The summed E-state index contributed by atoms with van der Waals surface area (Å²) in [5.74, 6) is 0. The Bertz CT molecular complexity index is 550. The monoisotopic (exact) mass is 226 g/mol. The first-order chi connectivity index (χ1) is 8.25. The predicted octanol–water partition coefficient (Wildman–Crippen LogP) is 3.00. The van der Waals surface area contributed by atoms with Crippen molar-refractivity contribution in [2.45, 2.75) is 0 Å². The molecule has 0 aliphatic heterocycles. The van der Waals surface area contributed by atoms with Crippen LogP contribution < -0.4 is 0 Å². The predicted molar refractivity (Wildman–Crippen MR) is 65.7 cm³/mol. The molecule has 0 aliphatic carbocycles. The Morgan fingerprint density at radius 1 is 1.18 bits per heavy atom. The number of aromatic nitrogens is 1. The number of pyridine rings is 1. The minimum atomic E-state index is -0.479. The highest BCUT2D eigenvalue weighted by Crippen LogP contribution is 2.18. The van der Waals surface area contributed by atoms with Crippen molar-refractivity contribution in [2.75, 3.05) is 0 Å². The highest BCUT2D eigenvalue weighted by molar-refractivity contribution is 5.63. The molecule has 0 radical (unpaired) electrons. The Labute approximate surface area is 98.4 Å². The number of rotatable bonds is 3. The summed E-state index contributed by atoms with van der Waals surface area (Å²) in [5.41, 5.74) is 2.57. The molecule has 0 atom stereocenters. The van der Waals surface area contributed by atoms with Crippen molar-refractivity contribution in [1.29, 1.82) is 0 Å². The third-order valence-electron chi connectivity index (χ3n) is 2.24. The van der Waals surface area contributed by atoms with Gasteiger partial charge in [-0.05, 0) is 23.8 Å². The van der Waals surface area contributed by atoms with Crippen molar-refractivity contribution in [2.24, 2.45) is 0 Å². The molecule has 0 fully saturated rings. The summed E-state index contributed by atoms with van der Waals surface area (Å²) in [6, 6.07) is 13.1. The molecule has 17 heavy (non-hydrogen) atoms. The average molecular weight is 226 g/mol. The van der Waals surface area contributed by atoms with Crippen LogP contribution in [0, 0.1) is 10.1 Å². The van der Waals surface area contributed by atoms with E-state index < -0.39 is 4.92 Å². The number of nitrogens with zero attached hydrogens (tertiary/aromatic N) is 2. The molecule has 0 saturated carbocycles. The third kappa shape index (κ3) is 2.98. The highest BCUT2D eigenvalue weighted by Gasteiger charge is 1.98.